The number of methoxy groups -OCH3 is 1. The summed E-state index contributed by atoms with van der Waals surface area (Å²) in [6.45, 7) is 0. The number of aromatic nitrogens is 3. The molecule has 2 aromatic heterocycles. The molecule has 9 heteroatoms. The zero-order valence-corrected chi connectivity index (χ0v) is 17.7. The van der Waals surface area contributed by atoms with E-state index in [2.05, 4.69) is 15.0 Å². The van der Waals surface area contributed by atoms with E-state index in [1.807, 2.05) is 24.3 Å². The number of esters is 1. The van der Waals surface area contributed by atoms with Crippen LogP contribution in [0.15, 0.2) is 48.9 Å². The molecule has 0 radical (unpaired) electrons. The van der Waals surface area contributed by atoms with Gasteiger partial charge in [0, 0.05) is 17.8 Å². The van der Waals surface area contributed by atoms with Crippen LogP contribution in [0, 0.1) is 0 Å². The highest BCUT2D eigenvalue weighted by atomic mass is 16.5. The van der Waals surface area contributed by atoms with Gasteiger partial charge in [-0.2, -0.15) is 0 Å². The third-order valence-corrected chi connectivity index (χ3v) is 5.34. The second-order valence-electron chi connectivity index (χ2n) is 7.56. The first kappa shape index (κ1) is 21.4. The summed E-state index contributed by atoms with van der Waals surface area (Å²) in [6.07, 6.45) is 8.46. The van der Waals surface area contributed by atoms with E-state index in [1.54, 1.807) is 18.5 Å². The predicted octanol–water partition coefficient (Wildman–Crippen LogP) is 3.26. The Kier molecular flexibility index (Phi) is 6.34. The average molecular weight is 435 g/mol. The normalized spacial score (nSPS) is 18.0. The Morgan fingerprint density at radius 3 is 2.50 bits per heavy atom. The number of benzene rings is 1. The molecule has 0 aliphatic heterocycles. The lowest BCUT2D eigenvalue weighted by molar-refractivity contribution is 0.0595. The zero-order valence-electron chi connectivity index (χ0n) is 17.7. The van der Waals surface area contributed by atoms with Crippen molar-refractivity contribution in [2.24, 2.45) is 0 Å². The highest BCUT2D eigenvalue weighted by molar-refractivity contribution is 5.92. The first-order valence-corrected chi connectivity index (χ1v) is 10.4. The van der Waals surface area contributed by atoms with Gasteiger partial charge in [0.1, 0.15) is 11.5 Å². The minimum atomic E-state index is -0.628. The number of pyridine rings is 1. The number of nitrogens with two attached hydrogens (primary N) is 2. The van der Waals surface area contributed by atoms with E-state index in [-0.39, 0.29) is 23.7 Å². The van der Waals surface area contributed by atoms with Gasteiger partial charge in [-0.3, -0.25) is 4.98 Å². The van der Waals surface area contributed by atoms with Crippen molar-refractivity contribution in [2.45, 2.75) is 37.9 Å². The van der Waals surface area contributed by atoms with Gasteiger partial charge in [-0.1, -0.05) is 12.1 Å². The van der Waals surface area contributed by atoms with Crippen molar-refractivity contribution in [1.29, 1.82) is 0 Å². The van der Waals surface area contributed by atoms with E-state index in [0.29, 0.717) is 17.1 Å². The molecule has 166 valence electrons. The number of ether oxygens (including phenoxy) is 3. The first-order chi connectivity index (χ1) is 15.5. The monoisotopic (exact) mass is 435 g/mol. The molecule has 1 aliphatic rings. The van der Waals surface area contributed by atoms with Crippen LogP contribution in [-0.4, -0.2) is 40.2 Å². The fourth-order valence-electron chi connectivity index (χ4n) is 3.65. The molecule has 32 heavy (non-hydrogen) atoms. The predicted molar refractivity (Wildman–Crippen MR) is 119 cm³/mol. The van der Waals surface area contributed by atoms with Crippen molar-refractivity contribution in [3.8, 4) is 22.8 Å². The van der Waals surface area contributed by atoms with Crippen LogP contribution in [0.1, 0.15) is 36.2 Å². The van der Waals surface area contributed by atoms with Crippen molar-refractivity contribution in [3.05, 3.63) is 54.6 Å². The van der Waals surface area contributed by atoms with Gasteiger partial charge in [0.25, 0.3) is 0 Å². The summed E-state index contributed by atoms with van der Waals surface area (Å²) in [6, 6.07) is 9.31. The molecule has 0 saturated heterocycles. The average Bonchev–Trinajstić information content (AvgIpc) is 2.82. The second kappa shape index (κ2) is 9.51. The van der Waals surface area contributed by atoms with Gasteiger partial charge in [-0.15, -0.1) is 0 Å². The van der Waals surface area contributed by atoms with Crippen molar-refractivity contribution in [3.63, 3.8) is 0 Å². The minimum Gasteiger partial charge on any atom is -0.490 e. The number of hydrogen-bond donors (Lipinski definition) is 2. The summed E-state index contributed by atoms with van der Waals surface area (Å²) in [7, 11) is 1.27. The Morgan fingerprint density at radius 2 is 1.78 bits per heavy atom. The molecule has 0 unspecified atom stereocenters. The molecule has 0 bridgehead atoms. The molecule has 0 amide bonds. The van der Waals surface area contributed by atoms with Crippen LogP contribution >= 0.6 is 0 Å². The Balaban J connectivity index is 1.39. The van der Waals surface area contributed by atoms with Gasteiger partial charge in [0.2, 0.25) is 0 Å². The lowest BCUT2D eigenvalue weighted by Crippen LogP contribution is -2.30. The molecule has 4 rings (SSSR count). The third kappa shape index (κ3) is 4.88. The second-order valence-corrected chi connectivity index (χ2v) is 7.56. The van der Waals surface area contributed by atoms with Gasteiger partial charge in [-0.05, 0) is 37.8 Å². The van der Waals surface area contributed by atoms with E-state index in [9.17, 15) is 4.79 Å². The fraction of sp³-hybridized carbons (Fsp3) is 0.304. The SMILES string of the molecule is COC(=O)c1nc(-c2cccc(OC3CCC(Oc4ccncc4N)CC3)c2)cnc1N. The molecule has 0 spiro atoms. The van der Waals surface area contributed by atoms with Crippen molar-refractivity contribution in [2.75, 3.05) is 18.6 Å². The molecule has 0 atom stereocenters. The number of nitrogen functional groups attached to an aromatic ring is 2. The number of anilines is 2. The van der Waals surface area contributed by atoms with Crippen LogP contribution in [0.4, 0.5) is 11.5 Å². The number of rotatable bonds is 6. The topological polar surface area (TPSA) is 135 Å². The number of nitrogens with zero attached hydrogens (tertiary/aromatic N) is 3. The highest BCUT2D eigenvalue weighted by Gasteiger charge is 2.24. The van der Waals surface area contributed by atoms with E-state index in [4.69, 9.17) is 25.7 Å². The lowest BCUT2D eigenvalue weighted by atomic mass is 9.95. The molecule has 9 nitrogen and oxygen atoms in total. The zero-order chi connectivity index (χ0) is 22.5. The Bertz CT molecular complexity index is 1100. The summed E-state index contributed by atoms with van der Waals surface area (Å²) in [5.41, 5.74) is 13.5. The Morgan fingerprint density at radius 1 is 1.03 bits per heavy atom. The summed E-state index contributed by atoms with van der Waals surface area (Å²) in [4.78, 5) is 24.2. The summed E-state index contributed by atoms with van der Waals surface area (Å²) in [5.74, 6) is 0.800. The van der Waals surface area contributed by atoms with Crippen molar-refractivity contribution < 1.29 is 19.0 Å². The van der Waals surface area contributed by atoms with Crippen molar-refractivity contribution in [1.82, 2.24) is 15.0 Å². The number of hydrogen-bond acceptors (Lipinski definition) is 9. The summed E-state index contributed by atoms with van der Waals surface area (Å²) >= 11 is 0. The van der Waals surface area contributed by atoms with Crippen LogP contribution in [0.5, 0.6) is 11.5 Å². The van der Waals surface area contributed by atoms with E-state index < -0.39 is 5.97 Å². The van der Waals surface area contributed by atoms with E-state index >= 15 is 0 Å². The standard InChI is InChI=1S/C23H25N5O4/c1-30-23(29)21-22(25)27-13-19(28-21)14-3-2-4-17(11-14)31-15-5-7-16(8-6-15)32-20-9-10-26-12-18(20)24/h2-4,9-13,15-16H,5-8,24H2,1H3,(H2,25,27). The van der Waals surface area contributed by atoms with Crippen LogP contribution in [0.3, 0.4) is 0 Å². The smallest absolute Gasteiger partial charge is 0.360 e. The molecule has 4 N–H and O–H groups in total. The fourth-order valence-corrected chi connectivity index (χ4v) is 3.65. The first-order valence-electron chi connectivity index (χ1n) is 10.4. The lowest BCUT2D eigenvalue weighted by Gasteiger charge is -2.29. The van der Waals surface area contributed by atoms with E-state index in [0.717, 1.165) is 37.0 Å². The van der Waals surface area contributed by atoms with Gasteiger partial charge >= 0.3 is 5.97 Å². The van der Waals surface area contributed by atoms with Gasteiger partial charge in [0.15, 0.2) is 11.5 Å². The van der Waals surface area contributed by atoms with E-state index in [1.165, 1.54) is 13.3 Å². The van der Waals surface area contributed by atoms with Gasteiger partial charge in [0.05, 0.1) is 43.1 Å². The summed E-state index contributed by atoms with van der Waals surface area (Å²) < 4.78 is 17.0. The minimum absolute atomic E-state index is 0.00974. The quantitative estimate of drug-likeness (QED) is 0.559. The van der Waals surface area contributed by atoms with Crippen molar-refractivity contribution >= 4 is 17.5 Å². The molecule has 3 aromatic rings. The van der Waals surface area contributed by atoms with Crippen LogP contribution in [0.25, 0.3) is 11.3 Å². The van der Waals surface area contributed by atoms with Crippen LogP contribution < -0.4 is 20.9 Å². The molecule has 1 aromatic carbocycles. The largest absolute Gasteiger partial charge is 0.490 e. The third-order valence-electron chi connectivity index (χ3n) is 5.34. The van der Waals surface area contributed by atoms with Crippen LogP contribution in [-0.2, 0) is 4.74 Å². The Labute approximate surface area is 185 Å². The van der Waals surface area contributed by atoms with Gasteiger partial charge < -0.3 is 25.7 Å². The maximum atomic E-state index is 11.9. The molecule has 2 heterocycles. The van der Waals surface area contributed by atoms with Crippen LogP contribution in [0.2, 0.25) is 0 Å². The number of carbonyl (C=O) groups excluding carboxylic acids is 1. The highest BCUT2D eigenvalue weighted by Crippen LogP contribution is 2.30. The molecule has 1 fully saturated rings. The molecule has 1 saturated carbocycles. The summed E-state index contributed by atoms with van der Waals surface area (Å²) in [5, 5.41) is 0. The molecular weight excluding hydrogens is 410 g/mol. The molecular formula is C23H25N5O4. The Hall–Kier alpha value is -3.88. The van der Waals surface area contributed by atoms with Gasteiger partial charge in [-0.25, -0.2) is 14.8 Å². The number of carbonyl (C=O) groups is 1. The maximum Gasteiger partial charge on any atom is 0.360 e. The maximum absolute atomic E-state index is 11.9. The molecule has 1 aliphatic carbocycles.